The number of phenolic OH excluding ortho intramolecular Hbond substituents is 2. The lowest BCUT2D eigenvalue weighted by Gasteiger charge is -2.39. The molecule has 21 heavy (non-hydrogen) atoms. The summed E-state index contributed by atoms with van der Waals surface area (Å²) in [5.74, 6) is 0.527. The van der Waals surface area contributed by atoms with Crippen LogP contribution < -0.4 is 0 Å². The average Bonchev–Trinajstić information content (AvgIpc) is 2.41. The molecule has 4 nitrogen and oxygen atoms in total. The summed E-state index contributed by atoms with van der Waals surface area (Å²) in [4.78, 5) is 14.6. The molecule has 2 aliphatic rings. The van der Waals surface area contributed by atoms with Gasteiger partial charge in [0.1, 0.15) is 0 Å². The van der Waals surface area contributed by atoms with Crippen molar-refractivity contribution in [2.45, 2.75) is 26.7 Å². The number of hydrogen-bond donors (Lipinski definition) is 2. The van der Waals surface area contributed by atoms with Crippen molar-refractivity contribution >= 4 is 11.5 Å². The maximum absolute atomic E-state index is 12.3. The van der Waals surface area contributed by atoms with Crippen molar-refractivity contribution in [3.8, 4) is 11.5 Å². The maximum Gasteiger partial charge on any atom is 0.162 e. The van der Waals surface area contributed by atoms with Gasteiger partial charge in [-0.25, -0.2) is 0 Å². The van der Waals surface area contributed by atoms with Crippen LogP contribution in [0.5, 0.6) is 11.5 Å². The van der Waals surface area contributed by atoms with Crippen molar-refractivity contribution in [1.82, 2.24) is 4.90 Å². The first-order chi connectivity index (χ1) is 9.95. The van der Waals surface area contributed by atoms with Crippen molar-refractivity contribution in [1.29, 1.82) is 0 Å². The van der Waals surface area contributed by atoms with E-state index in [1.54, 1.807) is 18.2 Å². The molecule has 1 aromatic rings. The van der Waals surface area contributed by atoms with Crippen LogP contribution in [0.25, 0.3) is 5.70 Å². The Balaban J connectivity index is 1.98. The van der Waals surface area contributed by atoms with E-state index in [2.05, 4.69) is 18.7 Å². The zero-order chi connectivity index (χ0) is 15.1. The smallest absolute Gasteiger partial charge is 0.162 e. The van der Waals surface area contributed by atoms with E-state index in [1.807, 2.05) is 0 Å². The van der Waals surface area contributed by atoms with Crippen LogP contribution in [0, 0.1) is 11.8 Å². The largest absolute Gasteiger partial charge is 0.504 e. The quantitative estimate of drug-likeness (QED) is 0.821. The van der Waals surface area contributed by atoms with Crippen LogP contribution >= 0.6 is 0 Å². The number of benzene rings is 1. The highest BCUT2D eigenvalue weighted by Gasteiger charge is 2.32. The number of rotatable bonds is 2. The Morgan fingerprint density at radius 2 is 2.00 bits per heavy atom. The molecule has 0 bridgehead atoms. The van der Waals surface area contributed by atoms with Gasteiger partial charge >= 0.3 is 0 Å². The van der Waals surface area contributed by atoms with Crippen LogP contribution in [0.3, 0.4) is 0 Å². The molecule has 0 saturated carbocycles. The van der Waals surface area contributed by atoms with E-state index < -0.39 is 0 Å². The van der Waals surface area contributed by atoms with Gasteiger partial charge in [-0.15, -0.1) is 0 Å². The number of allylic oxidation sites excluding steroid dienone is 1. The summed E-state index contributed by atoms with van der Waals surface area (Å²) >= 11 is 0. The molecule has 1 unspecified atom stereocenters. The number of phenols is 2. The topological polar surface area (TPSA) is 60.8 Å². The van der Waals surface area contributed by atoms with Crippen LogP contribution in [0.4, 0.5) is 0 Å². The molecule has 1 atom stereocenters. The number of aromatic hydroxyl groups is 2. The zero-order valence-electron chi connectivity index (χ0n) is 12.5. The van der Waals surface area contributed by atoms with Crippen LogP contribution in [0.2, 0.25) is 0 Å². The second-order valence-electron chi connectivity index (χ2n) is 6.45. The highest BCUT2D eigenvalue weighted by atomic mass is 16.3. The van der Waals surface area contributed by atoms with E-state index in [4.69, 9.17) is 0 Å². The van der Waals surface area contributed by atoms with Gasteiger partial charge in [-0.05, 0) is 36.5 Å². The first-order valence-corrected chi connectivity index (χ1v) is 7.51. The van der Waals surface area contributed by atoms with Gasteiger partial charge < -0.3 is 15.1 Å². The molecule has 0 aromatic heterocycles. The molecule has 1 aromatic carbocycles. The Kier molecular flexibility index (Phi) is 3.40. The molecule has 0 radical (unpaired) electrons. The lowest BCUT2D eigenvalue weighted by Crippen LogP contribution is -2.40. The zero-order valence-corrected chi connectivity index (χ0v) is 12.5. The summed E-state index contributed by atoms with van der Waals surface area (Å²) < 4.78 is 0. The van der Waals surface area contributed by atoms with E-state index in [-0.39, 0.29) is 23.2 Å². The standard InChI is InChI=1S/C17H21NO3/c1-10(2)5-12-9-18-4-3-11-6-16(20)17(21)7-13(11)14(18)8-15(12)19/h6-8,10,12,20-21H,3-5,9H2,1-2H3. The minimum Gasteiger partial charge on any atom is -0.504 e. The minimum atomic E-state index is -0.131. The third-order valence-electron chi connectivity index (χ3n) is 4.35. The molecule has 0 amide bonds. The van der Waals surface area contributed by atoms with Crippen LogP contribution in [0.15, 0.2) is 18.2 Å². The Hall–Kier alpha value is -1.97. The molecule has 0 spiro atoms. The van der Waals surface area contributed by atoms with E-state index in [0.717, 1.165) is 42.8 Å². The summed E-state index contributed by atoms with van der Waals surface area (Å²) in [6.45, 7) is 5.88. The van der Waals surface area contributed by atoms with Gasteiger partial charge in [0.25, 0.3) is 0 Å². The molecule has 3 rings (SSSR count). The van der Waals surface area contributed by atoms with Crippen molar-refractivity contribution in [3.63, 3.8) is 0 Å². The fourth-order valence-electron chi connectivity index (χ4n) is 3.34. The summed E-state index contributed by atoms with van der Waals surface area (Å²) in [6.07, 6.45) is 3.45. The predicted octanol–water partition coefficient (Wildman–Crippen LogP) is 2.54. The number of ketones is 1. The number of fused-ring (bicyclic) bond motifs is 3. The molecule has 0 fully saturated rings. The van der Waals surface area contributed by atoms with Gasteiger partial charge in [-0.2, -0.15) is 0 Å². The molecule has 2 aliphatic heterocycles. The van der Waals surface area contributed by atoms with Crippen molar-refractivity contribution < 1.29 is 15.0 Å². The summed E-state index contributed by atoms with van der Waals surface area (Å²) in [5, 5.41) is 19.3. The fourth-order valence-corrected chi connectivity index (χ4v) is 3.34. The highest BCUT2D eigenvalue weighted by molar-refractivity contribution is 6.00. The normalized spacial score (nSPS) is 21.1. The van der Waals surface area contributed by atoms with Crippen LogP contribution in [0.1, 0.15) is 31.4 Å². The monoisotopic (exact) mass is 287 g/mol. The molecule has 0 saturated heterocycles. The van der Waals surface area contributed by atoms with E-state index in [9.17, 15) is 15.0 Å². The van der Waals surface area contributed by atoms with Gasteiger partial charge in [0.2, 0.25) is 0 Å². The summed E-state index contributed by atoms with van der Waals surface area (Å²) in [6, 6.07) is 3.17. The second kappa shape index (κ2) is 5.10. The molecule has 2 N–H and O–H groups in total. The van der Waals surface area contributed by atoms with E-state index >= 15 is 0 Å². The molecular formula is C17H21NO3. The number of carbonyl (C=O) groups excluding carboxylic acids is 1. The lowest BCUT2D eigenvalue weighted by molar-refractivity contribution is -0.119. The van der Waals surface area contributed by atoms with Gasteiger partial charge in [0, 0.05) is 36.3 Å². The van der Waals surface area contributed by atoms with Gasteiger partial charge in [-0.3, -0.25) is 4.79 Å². The second-order valence-corrected chi connectivity index (χ2v) is 6.45. The first-order valence-electron chi connectivity index (χ1n) is 7.51. The van der Waals surface area contributed by atoms with Gasteiger partial charge in [-0.1, -0.05) is 13.8 Å². The maximum atomic E-state index is 12.3. The first kappa shape index (κ1) is 14.0. The number of carbonyl (C=O) groups is 1. The summed E-state index contributed by atoms with van der Waals surface area (Å²) in [5.41, 5.74) is 2.74. The molecule has 2 heterocycles. The third kappa shape index (κ3) is 2.50. The molecule has 112 valence electrons. The van der Waals surface area contributed by atoms with Crippen molar-refractivity contribution in [2.75, 3.05) is 13.1 Å². The van der Waals surface area contributed by atoms with Crippen molar-refractivity contribution in [2.24, 2.45) is 11.8 Å². The van der Waals surface area contributed by atoms with E-state index in [0.29, 0.717) is 5.92 Å². The molecule has 0 aliphatic carbocycles. The van der Waals surface area contributed by atoms with Crippen molar-refractivity contribution in [3.05, 3.63) is 29.3 Å². The van der Waals surface area contributed by atoms with E-state index in [1.165, 1.54) is 0 Å². The van der Waals surface area contributed by atoms with Crippen LogP contribution in [-0.4, -0.2) is 34.0 Å². The lowest BCUT2D eigenvalue weighted by atomic mass is 9.85. The highest BCUT2D eigenvalue weighted by Crippen LogP contribution is 2.38. The minimum absolute atomic E-state index is 0.0704. The summed E-state index contributed by atoms with van der Waals surface area (Å²) in [7, 11) is 0. The number of nitrogens with zero attached hydrogens (tertiary/aromatic N) is 1. The van der Waals surface area contributed by atoms with Gasteiger partial charge in [0.15, 0.2) is 17.3 Å². The van der Waals surface area contributed by atoms with Gasteiger partial charge in [0.05, 0.1) is 0 Å². The molecule has 4 heteroatoms. The predicted molar refractivity (Wildman–Crippen MR) is 81.0 cm³/mol. The Labute approximate surface area is 124 Å². The number of hydrogen-bond acceptors (Lipinski definition) is 4. The molecular weight excluding hydrogens is 266 g/mol. The fraction of sp³-hybridized carbons (Fsp3) is 0.471. The van der Waals surface area contributed by atoms with Crippen LogP contribution in [-0.2, 0) is 11.2 Å². The third-order valence-corrected chi connectivity index (χ3v) is 4.35. The Morgan fingerprint density at radius 3 is 2.71 bits per heavy atom. The SMILES string of the molecule is CC(C)CC1CN2CCc3cc(O)c(O)cc3C2=CC1=O. The average molecular weight is 287 g/mol. The Bertz CT molecular complexity index is 619. The Morgan fingerprint density at radius 1 is 1.29 bits per heavy atom.